The first-order valence-corrected chi connectivity index (χ1v) is 4.81. The molecule has 0 amide bonds. The van der Waals surface area contributed by atoms with Crippen LogP contribution in [-0.2, 0) is 0 Å². The largest absolute Gasteiger partial charge is 0.497 e. The molecule has 2 rings (SSSR count). The second kappa shape index (κ2) is 4.58. The average Bonchev–Trinajstić information content (AvgIpc) is 2.39. The van der Waals surface area contributed by atoms with Gasteiger partial charge in [-0.15, -0.1) is 0 Å². The lowest BCUT2D eigenvalue weighted by molar-refractivity contribution is 0.415. The van der Waals surface area contributed by atoms with E-state index in [1.165, 1.54) is 7.11 Å². The van der Waals surface area contributed by atoms with E-state index in [1.807, 2.05) is 0 Å². The SMILES string of the molecule is COc1cccc(-c2ncnc(C#N)c2F)c1. The first kappa shape index (κ1) is 11.0. The molecule has 17 heavy (non-hydrogen) atoms. The predicted octanol–water partition coefficient (Wildman–Crippen LogP) is 2.16. The third-order valence-corrected chi connectivity index (χ3v) is 2.24. The topological polar surface area (TPSA) is 58.8 Å². The minimum absolute atomic E-state index is 0.0930. The van der Waals surface area contributed by atoms with Crippen LogP contribution in [0.2, 0.25) is 0 Å². The van der Waals surface area contributed by atoms with E-state index in [4.69, 9.17) is 10.00 Å². The third-order valence-electron chi connectivity index (χ3n) is 2.24. The van der Waals surface area contributed by atoms with Gasteiger partial charge in [-0.1, -0.05) is 12.1 Å². The number of benzene rings is 1. The highest BCUT2D eigenvalue weighted by Gasteiger charge is 2.12. The maximum absolute atomic E-state index is 13.8. The smallest absolute Gasteiger partial charge is 0.185 e. The first-order valence-electron chi connectivity index (χ1n) is 4.81. The summed E-state index contributed by atoms with van der Waals surface area (Å²) in [5.74, 6) is -0.123. The summed E-state index contributed by atoms with van der Waals surface area (Å²) in [6.45, 7) is 0. The van der Waals surface area contributed by atoms with Gasteiger partial charge >= 0.3 is 0 Å². The molecule has 0 saturated heterocycles. The van der Waals surface area contributed by atoms with Crippen LogP contribution in [0.3, 0.4) is 0 Å². The van der Waals surface area contributed by atoms with Gasteiger partial charge in [-0.25, -0.2) is 14.4 Å². The van der Waals surface area contributed by atoms with E-state index in [9.17, 15) is 4.39 Å². The highest BCUT2D eigenvalue weighted by molar-refractivity contribution is 5.62. The molecule has 0 aliphatic rings. The molecule has 84 valence electrons. The van der Waals surface area contributed by atoms with Gasteiger partial charge in [-0.2, -0.15) is 5.26 Å². The molecule has 0 fully saturated rings. The summed E-state index contributed by atoms with van der Waals surface area (Å²) in [5.41, 5.74) is 0.369. The van der Waals surface area contributed by atoms with E-state index in [0.29, 0.717) is 11.3 Å². The van der Waals surface area contributed by atoms with Crippen molar-refractivity contribution in [2.45, 2.75) is 0 Å². The number of ether oxygens (including phenoxy) is 1. The minimum Gasteiger partial charge on any atom is -0.497 e. The van der Waals surface area contributed by atoms with Crippen molar-refractivity contribution in [1.82, 2.24) is 9.97 Å². The lowest BCUT2D eigenvalue weighted by atomic mass is 10.1. The van der Waals surface area contributed by atoms with Gasteiger partial charge in [0.1, 0.15) is 23.8 Å². The number of nitrogens with zero attached hydrogens (tertiary/aromatic N) is 3. The first-order chi connectivity index (χ1) is 8.26. The monoisotopic (exact) mass is 229 g/mol. The van der Waals surface area contributed by atoms with Crippen LogP contribution in [0, 0.1) is 17.1 Å². The molecule has 1 heterocycles. The molecule has 0 radical (unpaired) electrons. The summed E-state index contributed by atoms with van der Waals surface area (Å²) in [6, 6.07) is 8.48. The fraction of sp³-hybridized carbons (Fsp3) is 0.0833. The average molecular weight is 229 g/mol. The molecule has 0 bridgehead atoms. The Bertz CT molecular complexity index is 593. The molecule has 4 nitrogen and oxygen atoms in total. The van der Waals surface area contributed by atoms with Crippen LogP contribution in [0.1, 0.15) is 5.69 Å². The molecule has 2 aromatic rings. The van der Waals surface area contributed by atoms with E-state index < -0.39 is 5.82 Å². The molecular weight excluding hydrogens is 221 g/mol. The molecule has 0 N–H and O–H groups in total. The molecule has 0 saturated carbocycles. The van der Waals surface area contributed by atoms with Crippen molar-refractivity contribution in [2.75, 3.05) is 7.11 Å². The van der Waals surface area contributed by atoms with Gasteiger partial charge < -0.3 is 4.74 Å². The van der Waals surface area contributed by atoms with Crippen LogP contribution in [0.5, 0.6) is 5.75 Å². The summed E-state index contributed by atoms with van der Waals surface area (Å²) in [5, 5.41) is 8.69. The lowest BCUT2D eigenvalue weighted by Crippen LogP contribution is -1.96. The summed E-state index contributed by atoms with van der Waals surface area (Å²) >= 11 is 0. The van der Waals surface area contributed by atoms with Crippen LogP contribution >= 0.6 is 0 Å². The lowest BCUT2D eigenvalue weighted by Gasteiger charge is -2.05. The molecule has 0 spiro atoms. The summed E-state index contributed by atoms with van der Waals surface area (Å²) < 4.78 is 18.8. The highest BCUT2D eigenvalue weighted by Crippen LogP contribution is 2.24. The van der Waals surface area contributed by atoms with Crippen molar-refractivity contribution in [3.05, 3.63) is 42.1 Å². The van der Waals surface area contributed by atoms with Crippen molar-refractivity contribution in [3.63, 3.8) is 0 Å². The Morgan fingerprint density at radius 2 is 2.18 bits per heavy atom. The zero-order valence-electron chi connectivity index (χ0n) is 9.01. The Hall–Kier alpha value is -2.48. The van der Waals surface area contributed by atoms with Crippen LogP contribution in [0.4, 0.5) is 4.39 Å². The Labute approximate surface area is 97.3 Å². The summed E-state index contributed by atoms with van der Waals surface area (Å²) in [4.78, 5) is 7.39. The second-order valence-electron chi connectivity index (χ2n) is 3.23. The zero-order valence-corrected chi connectivity index (χ0v) is 9.01. The van der Waals surface area contributed by atoms with Crippen LogP contribution in [0.15, 0.2) is 30.6 Å². The standard InChI is InChI=1S/C12H8FN3O/c1-17-9-4-2-3-8(5-9)12-11(13)10(6-14)15-7-16-12/h2-5,7H,1H3. The van der Waals surface area contributed by atoms with Crippen LogP contribution in [0.25, 0.3) is 11.3 Å². The number of hydrogen-bond donors (Lipinski definition) is 0. The van der Waals surface area contributed by atoms with Crippen molar-refractivity contribution in [3.8, 4) is 23.1 Å². The van der Waals surface area contributed by atoms with Crippen molar-refractivity contribution in [2.24, 2.45) is 0 Å². The van der Waals surface area contributed by atoms with Crippen molar-refractivity contribution < 1.29 is 9.13 Å². The van der Waals surface area contributed by atoms with Gasteiger partial charge in [-0.05, 0) is 12.1 Å². The number of aromatic nitrogens is 2. The van der Waals surface area contributed by atoms with Gasteiger partial charge in [0.05, 0.1) is 7.11 Å². The van der Waals surface area contributed by atoms with E-state index >= 15 is 0 Å². The van der Waals surface area contributed by atoms with E-state index in [2.05, 4.69) is 9.97 Å². The van der Waals surface area contributed by atoms with Crippen molar-refractivity contribution >= 4 is 0 Å². The highest BCUT2D eigenvalue weighted by atomic mass is 19.1. The molecule has 0 aliphatic carbocycles. The number of rotatable bonds is 2. The van der Waals surface area contributed by atoms with Crippen LogP contribution < -0.4 is 4.74 Å². The normalized spacial score (nSPS) is 9.71. The second-order valence-corrected chi connectivity index (χ2v) is 3.23. The fourth-order valence-corrected chi connectivity index (χ4v) is 1.42. The summed E-state index contributed by atoms with van der Waals surface area (Å²) in [7, 11) is 1.52. The Morgan fingerprint density at radius 1 is 1.35 bits per heavy atom. The van der Waals surface area contributed by atoms with Crippen molar-refractivity contribution in [1.29, 1.82) is 5.26 Å². The quantitative estimate of drug-likeness (QED) is 0.791. The molecule has 0 aliphatic heterocycles. The molecule has 5 heteroatoms. The zero-order chi connectivity index (χ0) is 12.3. The van der Waals surface area contributed by atoms with Gasteiger partial charge in [0.15, 0.2) is 11.5 Å². The Kier molecular flexibility index (Phi) is 2.97. The molecule has 0 unspecified atom stereocenters. The minimum atomic E-state index is -0.719. The maximum Gasteiger partial charge on any atom is 0.185 e. The number of halogens is 1. The number of methoxy groups -OCH3 is 1. The van der Waals surface area contributed by atoms with Gasteiger partial charge in [-0.3, -0.25) is 0 Å². The number of hydrogen-bond acceptors (Lipinski definition) is 4. The Morgan fingerprint density at radius 3 is 2.88 bits per heavy atom. The maximum atomic E-state index is 13.8. The summed E-state index contributed by atoms with van der Waals surface area (Å²) in [6.07, 6.45) is 1.16. The van der Waals surface area contributed by atoms with E-state index in [0.717, 1.165) is 6.33 Å². The van der Waals surface area contributed by atoms with Gasteiger partial charge in [0.2, 0.25) is 0 Å². The van der Waals surface area contributed by atoms with Gasteiger partial charge in [0.25, 0.3) is 0 Å². The van der Waals surface area contributed by atoms with E-state index in [1.54, 1.807) is 30.3 Å². The van der Waals surface area contributed by atoms with Crippen LogP contribution in [-0.4, -0.2) is 17.1 Å². The van der Waals surface area contributed by atoms with E-state index in [-0.39, 0.29) is 11.4 Å². The molecular formula is C12H8FN3O. The predicted molar refractivity (Wildman–Crippen MR) is 58.7 cm³/mol. The molecule has 0 atom stereocenters. The Balaban J connectivity index is 2.57. The number of nitriles is 1. The molecule has 1 aromatic carbocycles. The molecule has 1 aromatic heterocycles. The third kappa shape index (κ3) is 2.06. The fourth-order valence-electron chi connectivity index (χ4n) is 1.42. The van der Waals surface area contributed by atoms with Gasteiger partial charge in [0, 0.05) is 5.56 Å².